The number of sulfonamides is 1. The maximum atomic E-state index is 11.9. The molecule has 0 amide bonds. The van der Waals surface area contributed by atoms with Gasteiger partial charge in [-0.1, -0.05) is 0 Å². The lowest BCUT2D eigenvalue weighted by Gasteiger charge is -2.06. The molecule has 96 valence electrons. The molecule has 2 aromatic rings. The number of benzene rings is 1. The van der Waals surface area contributed by atoms with Crippen molar-refractivity contribution in [2.24, 2.45) is 7.05 Å². The lowest BCUT2D eigenvalue weighted by Crippen LogP contribution is -2.24. The molecule has 1 aromatic heterocycles. The van der Waals surface area contributed by atoms with Gasteiger partial charge in [0.15, 0.2) is 0 Å². The Bertz CT molecular complexity index is 633. The Labute approximate surface area is 105 Å². The lowest BCUT2D eigenvalue weighted by molar-refractivity contribution is 0.577. The molecule has 8 heteroatoms. The Balaban J connectivity index is 2.13. The van der Waals surface area contributed by atoms with Crippen LogP contribution in [0.25, 0.3) is 0 Å². The summed E-state index contributed by atoms with van der Waals surface area (Å²) in [4.78, 5) is 0.166. The van der Waals surface area contributed by atoms with Gasteiger partial charge in [0.05, 0.1) is 11.4 Å². The first-order chi connectivity index (χ1) is 8.49. The standard InChI is InChI=1S/C10H13N5O2S/c1-15-7-12-14-10(15)6-13-18(16,17)9-4-2-8(11)3-5-9/h2-5,7,13H,6,11H2,1H3. The van der Waals surface area contributed by atoms with E-state index in [0.717, 1.165) is 0 Å². The van der Waals surface area contributed by atoms with Gasteiger partial charge < -0.3 is 10.3 Å². The van der Waals surface area contributed by atoms with Gasteiger partial charge in [-0.05, 0) is 24.3 Å². The molecule has 1 aromatic carbocycles. The second kappa shape index (κ2) is 4.75. The first-order valence-electron chi connectivity index (χ1n) is 5.17. The van der Waals surface area contributed by atoms with E-state index in [1.807, 2.05) is 0 Å². The third kappa shape index (κ3) is 2.66. The first-order valence-corrected chi connectivity index (χ1v) is 6.65. The Kier molecular flexibility index (Phi) is 3.30. The number of nitrogens with two attached hydrogens (primary N) is 1. The number of nitrogen functional groups attached to an aromatic ring is 1. The molecule has 0 saturated carbocycles. The molecule has 0 atom stereocenters. The summed E-state index contributed by atoms with van der Waals surface area (Å²) in [7, 11) is -1.81. The van der Waals surface area contributed by atoms with Gasteiger partial charge in [0.1, 0.15) is 12.2 Å². The Morgan fingerprint density at radius 2 is 2.00 bits per heavy atom. The average molecular weight is 267 g/mol. The fraction of sp³-hybridized carbons (Fsp3) is 0.200. The van der Waals surface area contributed by atoms with E-state index in [2.05, 4.69) is 14.9 Å². The van der Waals surface area contributed by atoms with Crippen LogP contribution in [-0.2, 0) is 23.6 Å². The van der Waals surface area contributed by atoms with Gasteiger partial charge in [-0.25, -0.2) is 13.1 Å². The minimum Gasteiger partial charge on any atom is -0.399 e. The van der Waals surface area contributed by atoms with E-state index in [4.69, 9.17) is 5.73 Å². The third-order valence-electron chi connectivity index (χ3n) is 2.42. The molecule has 0 aliphatic heterocycles. The van der Waals surface area contributed by atoms with E-state index in [1.54, 1.807) is 11.6 Å². The van der Waals surface area contributed by atoms with Crippen LogP contribution in [0.3, 0.4) is 0 Å². The van der Waals surface area contributed by atoms with Gasteiger partial charge in [0.25, 0.3) is 0 Å². The Morgan fingerprint density at radius 1 is 1.33 bits per heavy atom. The van der Waals surface area contributed by atoms with Crippen LogP contribution in [0.2, 0.25) is 0 Å². The predicted molar refractivity (Wildman–Crippen MR) is 65.9 cm³/mol. The molecular weight excluding hydrogens is 254 g/mol. The van der Waals surface area contributed by atoms with E-state index < -0.39 is 10.0 Å². The van der Waals surface area contributed by atoms with Gasteiger partial charge in [-0.15, -0.1) is 10.2 Å². The molecule has 0 spiro atoms. The Hall–Kier alpha value is -1.93. The van der Waals surface area contributed by atoms with Crippen LogP contribution in [0.5, 0.6) is 0 Å². The highest BCUT2D eigenvalue weighted by Crippen LogP contribution is 2.11. The molecule has 7 nitrogen and oxygen atoms in total. The SMILES string of the molecule is Cn1cnnc1CNS(=O)(=O)c1ccc(N)cc1. The van der Waals surface area contributed by atoms with Crippen molar-refractivity contribution >= 4 is 15.7 Å². The van der Waals surface area contributed by atoms with Crippen molar-refractivity contribution in [2.45, 2.75) is 11.4 Å². The molecule has 2 rings (SSSR count). The normalized spacial score (nSPS) is 11.6. The van der Waals surface area contributed by atoms with Gasteiger partial charge in [0.2, 0.25) is 10.0 Å². The highest BCUT2D eigenvalue weighted by atomic mass is 32.2. The summed E-state index contributed by atoms with van der Waals surface area (Å²) in [5, 5.41) is 7.46. The number of aromatic nitrogens is 3. The summed E-state index contributed by atoms with van der Waals surface area (Å²) in [6, 6.07) is 5.98. The van der Waals surface area contributed by atoms with Crippen molar-refractivity contribution in [1.82, 2.24) is 19.5 Å². The number of nitrogens with zero attached hydrogens (tertiary/aromatic N) is 3. The highest BCUT2D eigenvalue weighted by molar-refractivity contribution is 7.89. The van der Waals surface area contributed by atoms with Crippen molar-refractivity contribution in [1.29, 1.82) is 0 Å². The molecule has 0 radical (unpaired) electrons. The van der Waals surface area contributed by atoms with E-state index in [1.165, 1.54) is 30.6 Å². The average Bonchev–Trinajstić information content (AvgIpc) is 2.73. The number of anilines is 1. The third-order valence-corrected chi connectivity index (χ3v) is 3.83. The smallest absolute Gasteiger partial charge is 0.240 e. The maximum Gasteiger partial charge on any atom is 0.240 e. The fourth-order valence-electron chi connectivity index (χ4n) is 1.36. The second-order valence-corrected chi connectivity index (χ2v) is 5.52. The number of nitrogens with one attached hydrogen (secondary N) is 1. The largest absolute Gasteiger partial charge is 0.399 e. The molecule has 0 unspecified atom stereocenters. The molecule has 0 fully saturated rings. The molecule has 3 N–H and O–H groups in total. The maximum absolute atomic E-state index is 11.9. The van der Waals surface area contributed by atoms with Crippen LogP contribution in [0, 0.1) is 0 Å². The zero-order valence-corrected chi connectivity index (χ0v) is 10.6. The summed E-state index contributed by atoms with van der Waals surface area (Å²) in [5.41, 5.74) is 6.02. The van der Waals surface area contributed by atoms with Crippen molar-refractivity contribution in [3.63, 3.8) is 0 Å². The second-order valence-electron chi connectivity index (χ2n) is 3.75. The Morgan fingerprint density at radius 3 is 2.56 bits per heavy atom. The molecule has 0 aliphatic rings. The van der Waals surface area contributed by atoms with E-state index in [0.29, 0.717) is 11.5 Å². The van der Waals surface area contributed by atoms with E-state index >= 15 is 0 Å². The minimum atomic E-state index is -3.56. The predicted octanol–water partition coefficient (Wildman–Crippen LogP) is -0.124. The topological polar surface area (TPSA) is 103 Å². The molecule has 18 heavy (non-hydrogen) atoms. The molecule has 0 aliphatic carbocycles. The van der Waals surface area contributed by atoms with Crippen LogP contribution in [0.15, 0.2) is 35.5 Å². The van der Waals surface area contributed by atoms with Gasteiger partial charge in [-0.2, -0.15) is 0 Å². The lowest BCUT2D eigenvalue weighted by atomic mass is 10.3. The summed E-state index contributed by atoms with van der Waals surface area (Å²) >= 11 is 0. The molecule has 0 bridgehead atoms. The van der Waals surface area contributed by atoms with Gasteiger partial charge in [0, 0.05) is 12.7 Å². The fourth-order valence-corrected chi connectivity index (χ4v) is 2.34. The van der Waals surface area contributed by atoms with Crippen molar-refractivity contribution in [2.75, 3.05) is 5.73 Å². The first kappa shape index (κ1) is 12.5. The number of hydrogen-bond donors (Lipinski definition) is 2. The van der Waals surface area contributed by atoms with Crippen molar-refractivity contribution in [3.8, 4) is 0 Å². The van der Waals surface area contributed by atoms with Crippen LogP contribution < -0.4 is 10.5 Å². The highest BCUT2D eigenvalue weighted by Gasteiger charge is 2.14. The van der Waals surface area contributed by atoms with Crippen LogP contribution in [0.4, 0.5) is 5.69 Å². The van der Waals surface area contributed by atoms with Crippen LogP contribution in [0.1, 0.15) is 5.82 Å². The number of aryl methyl sites for hydroxylation is 1. The minimum absolute atomic E-state index is 0.0865. The van der Waals surface area contributed by atoms with Gasteiger partial charge in [-0.3, -0.25) is 0 Å². The zero-order valence-electron chi connectivity index (χ0n) is 9.74. The van der Waals surface area contributed by atoms with Crippen LogP contribution >= 0.6 is 0 Å². The summed E-state index contributed by atoms with van der Waals surface area (Å²) in [6.07, 6.45) is 1.51. The van der Waals surface area contributed by atoms with Crippen molar-refractivity contribution < 1.29 is 8.42 Å². The zero-order chi connectivity index (χ0) is 13.2. The summed E-state index contributed by atoms with van der Waals surface area (Å²) in [6.45, 7) is 0.0865. The summed E-state index contributed by atoms with van der Waals surface area (Å²) < 4.78 is 28.0. The monoisotopic (exact) mass is 267 g/mol. The van der Waals surface area contributed by atoms with Gasteiger partial charge >= 0.3 is 0 Å². The van der Waals surface area contributed by atoms with Crippen molar-refractivity contribution in [3.05, 3.63) is 36.4 Å². The number of rotatable bonds is 4. The summed E-state index contributed by atoms with van der Waals surface area (Å²) in [5.74, 6) is 0.536. The van der Waals surface area contributed by atoms with E-state index in [9.17, 15) is 8.42 Å². The molecule has 0 saturated heterocycles. The molecular formula is C10H13N5O2S. The number of hydrogen-bond acceptors (Lipinski definition) is 5. The van der Waals surface area contributed by atoms with Crippen LogP contribution in [-0.4, -0.2) is 23.2 Å². The molecule has 1 heterocycles. The quantitative estimate of drug-likeness (QED) is 0.751. The van der Waals surface area contributed by atoms with E-state index in [-0.39, 0.29) is 11.4 Å².